The van der Waals surface area contributed by atoms with Gasteiger partial charge in [-0.2, -0.15) is 5.10 Å². The van der Waals surface area contributed by atoms with Gasteiger partial charge in [0.1, 0.15) is 23.8 Å². The average molecular weight is 320 g/mol. The van der Waals surface area contributed by atoms with Crippen LogP contribution in [0.3, 0.4) is 0 Å². The number of hydrogen-bond donors (Lipinski definition) is 0. The molecule has 0 atom stereocenters. The predicted molar refractivity (Wildman–Crippen MR) is 88.8 cm³/mol. The summed E-state index contributed by atoms with van der Waals surface area (Å²) in [5.74, 6) is 1.38. The zero-order chi connectivity index (χ0) is 16.4. The molecule has 4 rings (SSSR count). The van der Waals surface area contributed by atoms with E-state index in [9.17, 15) is 4.79 Å². The van der Waals surface area contributed by atoms with E-state index in [4.69, 9.17) is 9.47 Å². The fourth-order valence-electron chi connectivity index (χ4n) is 2.65. The molecule has 0 spiro atoms. The highest BCUT2D eigenvalue weighted by atomic mass is 16.5. The highest BCUT2D eigenvalue weighted by Crippen LogP contribution is 2.29. The lowest BCUT2D eigenvalue weighted by molar-refractivity contribution is 0.0933. The molecular formula is C19H16N2O3. The van der Waals surface area contributed by atoms with Gasteiger partial charge in [-0.3, -0.25) is 4.79 Å². The van der Waals surface area contributed by atoms with Crippen molar-refractivity contribution >= 4 is 5.78 Å². The SMILES string of the molecule is O=C1CCOc2cc(OCc3ccn(-c4ccccc4)n3)ccc21. The third-order valence-corrected chi connectivity index (χ3v) is 3.89. The second-order valence-electron chi connectivity index (χ2n) is 5.56. The zero-order valence-electron chi connectivity index (χ0n) is 13.0. The molecule has 0 saturated heterocycles. The van der Waals surface area contributed by atoms with Crippen LogP contribution in [0.4, 0.5) is 0 Å². The first-order chi connectivity index (χ1) is 11.8. The number of para-hydroxylation sites is 1. The fourth-order valence-corrected chi connectivity index (χ4v) is 2.65. The Balaban J connectivity index is 1.46. The van der Waals surface area contributed by atoms with E-state index in [0.29, 0.717) is 36.7 Å². The van der Waals surface area contributed by atoms with Gasteiger partial charge in [0.2, 0.25) is 0 Å². The van der Waals surface area contributed by atoms with E-state index in [0.717, 1.165) is 11.4 Å². The number of Topliss-reactive ketones (excluding diaryl/α,β-unsaturated/α-hetero) is 1. The Bertz CT molecular complexity index is 871. The van der Waals surface area contributed by atoms with Gasteiger partial charge in [-0.1, -0.05) is 18.2 Å². The molecule has 2 heterocycles. The second kappa shape index (κ2) is 6.20. The minimum atomic E-state index is 0.115. The number of hydrogen-bond acceptors (Lipinski definition) is 4. The maximum atomic E-state index is 11.8. The van der Waals surface area contributed by atoms with Crippen molar-refractivity contribution in [1.29, 1.82) is 0 Å². The Morgan fingerprint density at radius 3 is 2.88 bits per heavy atom. The van der Waals surface area contributed by atoms with Crippen LogP contribution in [0.15, 0.2) is 60.8 Å². The molecule has 1 aromatic heterocycles. The molecule has 2 aromatic carbocycles. The number of carbonyl (C=O) groups excluding carboxylic acids is 1. The minimum Gasteiger partial charge on any atom is -0.492 e. The first kappa shape index (κ1) is 14.5. The quantitative estimate of drug-likeness (QED) is 0.739. The molecule has 0 unspecified atom stereocenters. The van der Waals surface area contributed by atoms with Gasteiger partial charge in [0, 0.05) is 18.7 Å². The molecule has 1 aliphatic heterocycles. The summed E-state index contributed by atoms with van der Waals surface area (Å²) >= 11 is 0. The van der Waals surface area contributed by atoms with E-state index in [2.05, 4.69) is 5.10 Å². The van der Waals surface area contributed by atoms with Gasteiger partial charge in [-0.25, -0.2) is 4.68 Å². The third-order valence-electron chi connectivity index (χ3n) is 3.89. The lowest BCUT2D eigenvalue weighted by atomic mass is 10.1. The zero-order valence-corrected chi connectivity index (χ0v) is 13.0. The number of rotatable bonds is 4. The maximum absolute atomic E-state index is 11.8. The summed E-state index contributed by atoms with van der Waals surface area (Å²) in [7, 11) is 0. The number of aromatic nitrogens is 2. The highest BCUT2D eigenvalue weighted by Gasteiger charge is 2.18. The van der Waals surface area contributed by atoms with E-state index >= 15 is 0 Å². The molecule has 0 fully saturated rings. The topological polar surface area (TPSA) is 53.4 Å². The predicted octanol–water partition coefficient (Wildman–Crippen LogP) is 3.42. The van der Waals surface area contributed by atoms with Gasteiger partial charge in [0.05, 0.1) is 17.9 Å². The molecular weight excluding hydrogens is 304 g/mol. The summed E-state index contributed by atoms with van der Waals surface area (Å²) in [4.78, 5) is 11.8. The third kappa shape index (κ3) is 2.88. The van der Waals surface area contributed by atoms with E-state index in [1.807, 2.05) is 47.3 Å². The molecule has 0 radical (unpaired) electrons. The van der Waals surface area contributed by atoms with Crippen LogP contribution in [0.1, 0.15) is 22.5 Å². The summed E-state index contributed by atoms with van der Waals surface area (Å²) in [5.41, 5.74) is 2.46. The van der Waals surface area contributed by atoms with Crippen molar-refractivity contribution in [1.82, 2.24) is 9.78 Å². The number of ether oxygens (including phenoxy) is 2. The summed E-state index contributed by atoms with van der Waals surface area (Å²) in [6.07, 6.45) is 2.34. The van der Waals surface area contributed by atoms with Gasteiger partial charge >= 0.3 is 0 Å². The van der Waals surface area contributed by atoms with Gasteiger partial charge in [-0.05, 0) is 30.3 Å². The fraction of sp³-hybridized carbons (Fsp3) is 0.158. The Labute approximate surface area is 139 Å². The first-order valence-corrected chi connectivity index (χ1v) is 7.82. The first-order valence-electron chi connectivity index (χ1n) is 7.82. The minimum absolute atomic E-state index is 0.115. The summed E-state index contributed by atoms with van der Waals surface area (Å²) in [6, 6.07) is 17.1. The van der Waals surface area contributed by atoms with Crippen LogP contribution in [0.5, 0.6) is 11.5 Å². The Kier molecular flexibility index (Phi) is 3.75. The summed E-state index contributed by atoms with van der Waals surface area (Å²) in [5, 5.41) is 4.50. The lowest BCUT2D eigenvalue weighted by Gasteiger charge is -2.17. The molecule has 1 aliphatic rings. The number of nitrogens with zero attached hydrogens (tertiary/aromatic N) is 2. The van der Waals surface area contributed by atoms with E-state index in [1.54, 1.807) is 18.2 Å². The summed E-state index contributed by atoms with van der Waals surface area (Å²) in [6.45, 7) is 0.781. The lowest BCUT2D eigenvalue weighted by Crippen LogP contribution is -2.15. The standard InChI is InChI=1S/C19H16N2O3/c22-18-9-11-23-19-12-16(6-7-17(18)19)24-13-14-8-10-21(20-14)15-4-2-1-3-5-15/h1-8,10,12H,9,11,13H2. The number of fused-ring (bicyclic) bond motifs is 1. The van der Waals surface area contributed by atoms with Gasteiger partial charge in [0.25, 0.3) is 0 Å². The number of carbonyl (C=O) groups is 1. The number of ketones is 1. The molecule has 0 saturated carbocycles. The van der Waals surface area contributed by atoms with Crippen LogP contribution in [0.25, 0.3) is 5.69 Å². The van der Waals surface area contributed by atoms with Crippen LogP contribution < -0.4 is 9.47 Å². The van der Waals surface area contributed by atoms with E-state index in [1.165, 1.54) is 0 Å². The highest BCUT2D eigenvalue weighted by molar-refractivity contribution is 5.99. The average Bonchev–Trinajstić information content (AvgIpc) is 3.10. The van der Waals surface area contributed by atoms with Crippen molar-refractivity contribution < 1.29 is 14.3 Å². The Hall–Kier alpha value is -3.08. The van der Waals surface area contributed by atoms with Crippen molar-refractivity contribution in [3.05, 3.63) is 72.1 Å². The Morgan fingerprint density at radius 1 is 1.12 bits per heavy atom. The monoisotopic (exact) mass is 320 g/mol. The molecule has 24 heavy (non-hydrogen) atoms. The molecule has 3 aromatic rings. The van der Waals surface area contributed by atoms with Crippen molar-refractivity contribution in [2.24, 2.45) is 0 Å². The van der Waals surface area contributed by atoms with Gasteiger partial charge in [0.15, 0.2) is 5.78 Å². The van der Waals surface area contributed by atoms with Crippen molar-refractivity contribution in [2.45, 2.75) is 13.0 Å². The molecule has 0 aliphatic carbocycles. The van der Waals surface area contributed by atoms with Crippen LogP contribution in [-0.4, -0.2) is 22.2 Å². The summed E-state index contributed by atoms with van der Waals surface area (Å²) < 4.78 is 13.1. The molecule has 120 valence electrons. The smallest absolute Gasteiger partial charge is 0.169 e. The maximum Gasteiger partial charge on any atom is 0.169 e. The molecule has 5 heteroatoms. The molecule has 0 N–H and O–H groups in total. The van der Waals surface area contributed by atoms with Crippen molar-refractivity contribution in [3.63, 3.8) is 0 Å². The second-order valence-corrected chi connectivity index (χ2v) is 5.56. The van der Waals surface area contributed by atoms with Crippen LogP contribution >= 0.6 is 0 Å². The van der Waals surface area contributed by atoms with Crippen LogP contribution in [0.2, 0.25) is 0 Å². The van der Waals surface area contributed by atoms with Crippen LogP contribution in [-0.2, 0) is 6.61 Å². The van der Waals surface area contributed by atoms with Crippen molar-refractivity contribution in [2.75, 3.05) is 6.61 Å². The molecule has 0 bridgehead atoms. The van der Waals surface area contributed by atoms with E-state index < -0.39 is 0 Å². The largest absolute Gasteiger partial charge is 0.492 e. The molecule has 5 nitrogen and oxygen atoms in total. The Morgan fingerprint density at radius 2 is 2.00 bits per heavy atom. The van der Waals surface area contributed by atoms with Crippen LogP contribution in [0, 0.1) is 0 Å². The van der Waals surface area contributed by atoms with Crippen molar-refractivity contribution in [3.8, 4) is 17.2 Å². The number of benzene rings is 2. The van der Waals surface area contributed by atoms with Gasteiger partial charge in [-0.15, -0.1) is 0 Å². The van der Waals surface area contributed by atoms with Gasteiger partial charge < -0.3 is 9.47 Å². The normalized spacial score (nSPS) is 13.2. The van der Waals surface area contributed by atoms with E-state index in [-0.39, 0.29) is 5.78 Å². The molecule has 0 amide bonds.